The number of hydrogen-bond acceptors (Lipinski definition) is 5. The van der Waals surface area contributed by atoms with Crippen molar-refractivity contribution < 1.29 is 4.79 Å². The van der Waals surface area contributed by atoms with Crippen LogP contribution in [-0.2, 0) is 4.79 Å². The highest BCUT2D eigenvalue weighted by Gasteiger charge is 2.28. The molecule has 3 heterocycles. The van der Waals surface area contributed by atoms with Gasteiger partial charge in [-0.3, -0.25) is 9.69 Å². The second-order valence-electron chi connectivity index (χ2n) is 7.38. The number of piperidine rings is 1. The van der Waals surface area contributed by atoms with E-state index in [1.165, 1.54) is 16.9 Å². The van der Waals surface area contributed by atoms with Crippen LogP contribution in [0.3, 0.4) is 0 Å². The molecule has 4 rings (SSSR count). The Morgan fingerprint density at radius 3 is 3.00 bits per heavy atom. The van der Waals surface area contributed by atoms with Crippen molar-refractivity contribution in [2.75, 3.05) is 25.0 Å². The molecule has 0 bridgehead atoms. The van der Waals surface area contributed by atoms with Gasteiger partial charge in [-0.15, -0.1) is 11.3 Å². The number of likely N-dealkylation sites (tertiary alicyclic amines) is 1. The molecule has 1 atom stereocenters. The largest absolute Gasteiger partial charge is 0.325 e. The molecule has 3 aromatic rings. The highest BCUT2D eigenvalue weighted by atomic mass is 32.1. The van der Waals surface area contributed by atoms with Crippen LogP contribution in [0.5, 0.6) is 0 Å². The first-order chi connectivity index (χ1) is 13.1. The summed E-state index contributed by atoms with van der Waals surface area (Å²) in [7, 11) is 0. The van der Waals surface area contributed by atoms with Crippen molar-refractivity contribution in [2.24, 2.45) is 0 Å². The summed E-state index contributed by atoms with van der Waals surface area (Å²) in [6.45, 7) is 6.63. The van der Waals surface area contributed by atoms with Gasteiger partial charge < -0.3 is 9.88 Å². The Balaban J connectivity index is 1.50. The van der Waals surface area contributed by atoms with E-state index in [1.807, 2.05) is 11.4 Å². The normalized spacial score (nSPS) is 18.3. The van der Waals surface area contributed by atoms with Gasteiger partial charge in [0.2, 0.25) is 5.91 Å². The number of amides is 1. The highest BCUT2D eigenvalue weighted by Crippen LogP contribution is 2.31. The van der Waals surface area contributed by atoms with Crippen LogP contribution in [0, 0.1) is 0 Å². The molecular weight excluding hydrogens is 358 g/mol. The Morgan fingerprint density at radius 2 is 2.22 bits per heavy atom. The summed E-state index contributed by atoms with van der Waals surface area (Å²) in [5.41, 5.74) is 2.25. The predicted octanol–water partition coefficient (Wildman–Crippen LogP) is 3.89. The second kappa shape index (κ2) is 7.78. The minimum atomic E-state index is 0.00274. The number of para-hydroxylation sites is 2. The highest BCUT2D eigenvalue weighted by molar-refractivity contribution is 7.13. The van der Waals surface area contributed by atoms with Gasteiger partial charge in [0.25, 0.3) is 0 Å². The molecule has 1 aliphatic heterocycles. The average molecular weight is 384 g/mol. The van der Waals surface area contributed by atoms with Crippen molar-refractivity contribution in [3.05, 3.63) is 41.7 Å². The summed E-state index contributed by atoms with van der Waals surface area (Å²) in [5, 5.41) is 5.41. The number of nitrogens with zero attached hydrogens (tertiary/aromatic N) is 4. The molecule has 1 fully saturated rings. The van der Waals surface area contributed by atoms with E-state index in [4.69, 9.17) is 4.98 Å². The zero-order valence-corrected chi connectivity index (χ0v) is 16.6. The summed E-state index contributed by atoms with van der Waals surface area (Å²) in [6.07, 6.45) is 3.89. The molecule has 1 aromatic carbocycles. The minimum absolute atomic E-state index is 0.00274. The van der Waals surface area contributed by atoms with Gasteiger partial charge >= 0.3 is 0 Å². The van der Waals surface area contributed by atoms with Crippen LogP contribution in [0.15, 0.2) is 35.8 Å². The number of rotatable bonds is 5. The molecule has 0 saturated carbocycles. The molecule has 0 spiro atoms. The van der Waals surface area contributed by atoms with E-state index in [-0.39, 0.29) is 5.91 Å². The third-order valence-electron chi connectivity index (χ3n) is 5.06. The van der Waals surface area contributed by atoms with E-state index in [9.17, 15) is 4.79 Å². The number of benzene rings is 1. The molecule has 0 unspecified atom stereocenters. The number of anilines is 1. The first-order valence-corrected chi connectivity index (χ1v) is 10.4. The van der Waals surface area contributed by atoms with Crippen molar-refractivity contribution in [1.29, 1.82) is 0 Å². The Kier molecular flexibility index (Phi) is 5.22. The van der Waals surface area contributed by atoms with Gasteiger partial charge in [-0.2, -0.15) is 0 Å². The monoisotopic (exact) mass is 383 g/mol. The molecule has 0 radical (unpaired) electrons. The number of hydrogen-bond donors (Lipinski definition) is 1. The van der Waals surface area contributed by atoms with E-state index in [1.54, 1.807) is 6.20 Å². The summed E-state index contributed by atoms with van der Waals surface area (Å²) < 4.78 is 2.36. The molecular formula is C20H25N5OS. The average Bonchev–Trinajstić information content (AvgIpc) is 3.29. The number of carbonyl (C=O) groups excluding carboxylic acids is 1. The van der Waals surface area contributed by atoms with Crippen molar-refractivity contribution >= 4 is 33.4 Å². The van der Waals surface area contributed by atoms with Gasteiger partial charge in [-0.25, -0.2) is 9.97 Å². The van der Waals surface area contributed by atoms with Gasteiger partial charge in [-0.05, 0) is 45.4 Å². The summed E-state index contributed by atoms with van der Waals surface area (Å²) in [5.74, 6) is 1.50. The van der Waals surface area contributed by atoms with Crippen LogP contribution in [-0.4, -0.2) is 45.0 Å². The van der Waals surface area contributed by atoms with Gasteiger partial charge in [0.1, 0.15) is 5.82 Å². The van der Waals surface area contributed by atoms with E-state index < -0.39 is 0 Å². The molecule has 1 amide bonds. The van der Waals surface area contributed by atoms with Crippen LogP contribution in [0.25, 0.3) is 11.0 Å². The van der Waals surface area contributed by atoms with Crippen LogP contribution in [0.4, 0.5) is 5.13 Å². The zero-order valence-electron chi connectivity index (χ0n) is 15.8. The first-order valence-electron chi connectivity index (χ1n) is 9.50. The Labute approximate surface area is 163 Å². The molecule has 6 nitrogen and oxygen atoms in total. The molecule has 7 heteroatoms. The van der Waals surface area contributed by atoms with Crippen LogP contribution >= 0.6 is 11.3 Å². The minimum Gasteiger partial charge on any atom is -0.325 e. The molecule has 1 saturated heterocycles. The Morgan fingerprint density at radius 1 is 1.37 bits per heavy atom. The zero-order chi connectivity index (χ0) is 18.8. The summed E-state index contributed by atoms with van der Waals surface area (Å²) in [6, 6.07) is 8.70. The lowest BCUT2D eigenvalue weighted by molar-refractivity contribution is -0.117. The third-order valence-corrected chi connectivity index (χ3v) is 5.74. The number of thiazole rings is 1. The van der Waals surface area contributed by atoms with E-state index in [0.29, 0.717) is 23.6 Å². The first kappa shape index (κ1) is 18.1. The molecule has 0 aliphatic carbocycles. The SMILES string of the molecule is CC(C)n1c([C@@H]2CCCN(CC(=O)Nc3nccs3)C2)nc2ccccc21. The van der Waals surface area contributed by atoms with E-state index >= 15 is 0 Å². The fourth-order valence-electron chi connectivity index (χ4n) is 3.95. The summed E-state index contributed by atoms with van der Waals surface area (Å²) in [4.78, 5) is 23.6. The fraction of sp³-hybridized carbons (Fsp3) is 0.450. The van der Waals surface area contributed by atoms with Gasteiger partial charge in [0, 0.05) is 30.1 Å². The smallest absolute Gasteiger partial charge is 0.240 e. The number of aromatic nitrogens is 3. The number of carbonyl (C=O) groups is 1. The molecule has 1 aliphatic rings. The lowest BCUT2D eigenvalue weighted by Gasteiger charge is -2.32. The Bertz CT molecular complexity index is 918. The van der Waals surface area contributed by atoms with Crippen LogP contribution < -0.4 is 5.32 Å². The van der Waals surface area contributed by atoms with Crippen LogP contribution in [0.1, 0.15) is 44.5 Å². The fourth-order valence-corrected chi connectivity index (χ4v) is 4.50. The maximum absolute atomic E-state index is 12.3. The standard InChI is InChI=1S/C20H25N5OS/c1-14(2)25-17-8-4-3-7-16(17)22-19(25)15-6-5-10-24(12-15)13-18(26)23-20-21-9-11-27-20/h3-4,7-9,11,14-15H,5-6,10,12-13H2,1-2H3,(H,21,23,26)/t15-/m1/s1. The quantitative estimate of drug-likeness (QED) is 0.726. The molecule has 2 aromatic heterocycles. The maximum Gasteiger partial charge on any atom is 0.240 e. The van der Waals surface area contributed by atoms with Crippen molar-refractivity contribution in [3.63, 3.8) is 0 Å². The van der Waals surface area contributed by atoms with Gasteiger partial charge in [-0.1, -0.05) is 12.1 Å². The van der Waals surface area contributed by atoms with E-state index in [2.05, 4.69) is 51.8 Å². The molecule has 27 heavy (non-hydrogen) atoms. The van der Waals surface area contributed by atoms with Gasteiger partial charge in [0.15, 0.2) is 5.13 Å². The summed E-state index contributed by atoms with van der Waals surface area (Å²) >= 11 is 1.44. The lowest BCUT2D eigenvalue weighted by Crippen LogP contribution is -2.40. The topological polar surface area (TPSA) is 63.1 Å². The van der Waals surface area contributed by atoms with Crippen molar-refractivity contribution in [1.82, 2.24) is 19.4 Å². The number of nitrogens with one attached hydrogen (secondary N) is 1. The second-order valence-corrected chi connectivity index (χ2v) is 8.28. The van der Waals surface area contributed by atoms with Crippen molar-refractivity contribution in [2.45, 2.75) is 38.6 Å². The lowest BCUT2D eigenvalue weighted by atomic mass is 9.97. The van der Waals surface area contributed by atoms with E-state index in [0.717, 1.165) is 37.3 Å². The maximum atomic E-state index is 12.3. The van der Waals surface area contributed by atoms with Gasteiger partial charge in [0.05, 0.1) is 17.6 Å². The molecule has 142 valence electrons. The van der Waals surface area contributed by atoms with Crippen molar-refractivity contribution in [3.8, 4) is 0 Å². The predicted molar refractivity (Wildman–Crippen MR) is 109 cm³/mol. The molecule has 1 N–H and O–H groups in total. The number of fused-ring (bicyclic) bond motifs is 1. The Hall–Kier alpha value is -2.25. The third kappa shape index (κ3) is 3.89. The van der Waals surface area contributed by atoms with Crippen LogP contribution in [0.2, 0.25) is 0 Å². The number of imidazole rings is 1.